The zero-order chi connectivity index (χ0) is 43.0. The maximum atomic E-state index is 15.2. The molecule has 0 aliphatic carbocycles. The predicted molar refractivity (Wildman–Crippen MR) is 265 cm³/mol. The van der Waals surface area contributed by atoms with Crippen molar-refractivity contribution in [2.45, 2.75) is 156 Å². The molecule has 0 spiro atoms. The first-order chi connectivity index (χ1) is 28.3. The molecule has 0 N–H and O–H groups in total. The van der Waals surface area contributed by atoms with Gasteiger partial charge in [-0.1, -0.05) is 153 Å². The van der Waals surface area contributed by atoms with E-state index in [1.54, 1.807) is 0 Å². The Labute approximate surface area is 363 Å². The van der Waals surface area contributed by atoms with Gasteiger partial charge in [-0.05, 0) is 91.2 Å². The van der Waals surface area contributed by atoms with Crippen LogP contribution in [0.2, 0.25) is 0 Å². The molecule has 3 aromatic rings. The van der Waals surface area contributed by atoms with E-state index in [2.05, 4.69) is 114 Å². The number of benzene rings is 3. The molecule has 0 atom stereocenters. The van der Waals surface area contributed by atoms with Crippen LogP contribution in [-0.4, -0.2) is 55.5 Å². The SMILES string of the molecule is CCCCP(=O)(CCCC)CCc1ccc(CP(=O)(Cc2ccc(CCP(=O)(CCCC)CCCC)cc2)Cc2ccc(CCP(=O)(CCCC)CCCC)cc2)cc1. The van der Waals surface area contributed by atoms with Crippen LogP contribution in [0.25, 0.3) is 0 Å². The van der Waals surface area contributed by atoms with E-state index in [1.807, 2.05) is 0 Å². The Bertz CT molecular complexity index is 1540. The lowest BCUT2D eigenvalue weighted by Crippen LogP contribution is -2.04. The van der Waals surface area contributed by atoms with Crippen molar-refractivity contribution in [2.75, 3.05) is 55.5 Å². The van der Waals surface area contributed by atoms with Crippen LogP contribution in [0, 0.1) is 0 Å². The first-order valence-electron chi connectivity index (χ1n) is 23.9. The molecular weight excluding hydrogens is 800 g/mol. The fraction of sp³-hybridized carbons (Fsp3) is 0.647. The molecule has 0 fully saturated rings. The highest BCUT2D eigenvalue weighted by Crippen LogP contribution is 2.56. The highest BCUT2D eigenvalue weighted by atomic mass is 31.2. The molecular formula is C51H84O4P4. The fourth-order valence-corrected chi connectivity index (χ4v) is 20.6. The maximum absolute atomic E-state index is 15.2. The second-order valence-corrected chi connectivity index (χ2v) is 31.5. The summed E-state index contributed by atoms with van der Waals surface area (Å²) < 4.78 is 56.6. The predicted octanol–water partition coefficient (Wildman–Crippen LogP) is 16.5. The summed E-state index contributed by atoms with van der Waals surface area (Å²) in [5.41, 5.74) is 6.92. The second kappa shape index (κ2) is 27.6. The lowest BCUT2D eigenvalue weighted by Gasteiger charge is -2.21. The van der Waals surface area contributed by atoms with E-state index in [4.69, 9.17) is 0 Å². The summed E-state index contributed by atoms with van der Waals surface area (Å²) in [5.74, 6) is 0. The van der Waals surface area contributed by atoms with Crippen molar-refractivity contribution in [3.8, 4) is 0 Å². The first-order valence-corrected chi connectivity index (χ1v) is 32.9. The van der Waals surface area contributed by atoms with Crippen LogP contribution >= 0.6 is 28.6 Å². The van der Waals surface area contributed by atoms with Crippen molar-refractivity contribution in [2.24, 2.45) is 0 Å². The summed E-state index contributed by atoms with van der Waals surface area (Å²) >= 11 is 0. The van der Waals surface area contributed by atoms with Crippen molar-refractivity contribution in [3.05, 3.63) is 106 Å². The molecule has 0 unspecified atom stereocenters. The Kier molecular flexibility index (Phi) is 24.3. The van der Waals surface area contributed by atoms with E-state index in [0.717, 1.165) is 168 Å². The Hall–Kier alpha value is -1.42. The van der Waals surface area contributed by atoms with Crippen molar-refractivity contribution in [3.63, 3.8) is 0 Å². The number of rotatable bonds is 33. The van der Waals surface area contributed by atoms with Gasteiger partial charge in [-0.15, -0.1) is 0 Å². The summed E-state index contributed by atoms with van der Waals surface area (Å²) in [6.07, 6.45) is 24.4. The van der Waals surface area contributed by atoms with Gasteiger partial charge in [-0.3, -0.25) is 0 Å². The van der Waals surface area contributed by atoms with Crippen molar-refractivity contribution < 1.29 is 18.3 Å². The maximum Gasteiger partial charge on any atom is 0.100 e. The summed E-state index contributed by atoms with van der Waals surface area (Å²) in [4.78, 5) is 0. The molecule has 0 aliphatic rings. The third-order valence-corrected chi connectivity index (χ3v) is 25.1. The molecule has 0 amide bonds. The molecule has 0 saturated heterocycles. The van der Waals surface area contributed by atoms with E-state index in [1.165, 1.54) is 16.7 Å². The van der Waals surface area contributed by atoms with Gasteiger partial charge in [-0.2, -0.15) is 0 Å². The third kappa shape index (κ3) is 20.1. The van der Waals surface area contributed by atoms with Gasteiger partial charge < -0.3 is 18.3 Å². The van der Waals surface area contributed by atoms with Crippen LogP contribution in [0.15, 0.2) is 72.8 Å². The lowest BCUT2D eigenvalue weighted by atomic mass is 10.1. The molecule has 4 nitrogen and oxygen atoms in total. The minimum Gasteiger partial charge on any atom is -0.324 e. The Morgan fingerprint density at radius 2 is 0.458 bits per heavy atom. The smallest absolute Gasteiger partial charge is 0.100 e. The molecule has 0 aromatic heterocycles. The van der Waals surface area contributed by atoms with Gasteiger partial charge in [0.15, 0.2) is 0 Å². The molecule has 332 valence electrons. The number of hydrogen-bond acceptors (Lipinski definition) is 4. The van der Waals surface area contributed by atoms with Crippen LogP contribution in [-0.2, 0) is 56.0 Å². The van der Waals surface area contributed by atoms with Crippen molar-refractivity contribution in [1.82, 2.24) is 0 Å². The fourth-order valence-electron chi connectivity index (χ4n) is 8.28. The van der Waals surface area contributed by atoms with Crippen molar-refractivity contribution in [1.29, 1.82) is 0 Å². The molecule has 0 saturated carbocycles. The summed E-state index contributed by atoms with van der Waals surface area (Å²) in [5, 5.41) is 0. The van der Waals surface area contributed by atoms with Gasteiger partial charge in [0, 0.05) is 73.9 Å². The second-order valence-electron chi connectivity index (χ2n) is 18.0. The van der Waals surface area contributed by atoms with Gasteiger partial charge in [0.05, 0.1) is 21.4 Å². The number of hydrogen-bond donors (Lipinski definition) is 0. The zero-order valence-corrected chi connectivity index (χ0v) is 42.0. The first kappa shape index (κ1) is 51.9. The Morgan fingerprint density at radius 3 is 0.644 bits per heavy atom. The quantitative estimate of drug-likeness (QED) is 0.0572. The molecule has 8 heteroatoms. The highest BCUT2D eigenvalue weighted by molar-refractivity contribution is 7.64. The van der Waals surface area contributed by atoms with Crippen LogP contribution in [0.3, 0.4) is 0 Å². The van der Waals surface area contributed by atoms with Crippen LogP contribution in [0.5, 0.6) is 0 Å². The van der Waals surface area contributed by atoms with Gasteiger partial charge >= 0.3 is 0 Å². The van der Waals surface area contributed by atoms with Gasteiger partial charge in [0.2, 0.25) is 0 Å². The van der Waals surface area contributed by atoms with Gasteiger partial charge in [0.1, 0.15) is 7.14 Å². The van der Waals surface area contributed by atoms with Gasteiger partial charge in [0.25, 0.3) is 0 Å². The van der Waals surface area contributed by atoms with E-state index in [9.17, 15) is 13.7 Å². The van der Waals surface area contributed by atoms with Crippen molar-refractivity contribution >= 4 is 28.6 Å². The molecule has 0 radical (unpaired) electrons. The minimum atomic E-state index is -2.77. The number of unbranched alkanes of at least 4 members (excludes halogenated alkanes) is 6. The molecule has 0 bridgehead atoms. The minimum absolute atomic E-state index is 0.526. The Balaban J connectivity index is 1.80. The van der Waals surface area contributed by atoms with E-state index in [0.29, 0.717) is 18.5 Å². The molecule has 3 aromatic carbocycles. The third-order valence-electron chi connectivity index (χ3n) is 12.4. The largest absolute Gasteiger partial charge is 0.324 e. The molecule has 0 aliphatic heterocycles. The molecule has 59 heavy (non-hydrogen) atoms. The zero-order valence-electron chi connectivity index (χ0n) is 38.4. The average Bonchev–Trinajstić information content (AvgIpc) is 3.24. The molecule has 0 heterocycles. The average molecular weight is 885 g/mol. The number of aryl methyl sites for hydroxylation is 3. The van der Waals surface area contributed by atoms with E-state index < -0.39 is 28.6 Å². The van der Waals surface area contributed by atoms with Gasteiger partial charge in [-0.25, -0.2) is 0 Å². The Morgan fingerprint density at radius 1 is 0.271 bits per heavy atom. The van der Waals surface area contributed by atoms with E-state index >= 15 is 4.57 Å². The summed E-state index contributed by atoms with van der Waals surface area (Å²) in [7, 11) is -9.26. The van der Waals surface area contributed by atoms with E-state index in [-0.39, 0.29) is 0 Å². The summed E-state index contributed by atoms with van der Waals surface area (Å²) in [6, 6.07) is 26.0. The lowest BCUT2D eigenvalue weighted by molar-refractivity contribution is 0.568. The van der Waals surface area contributed by atoms with Crippen LogP contribution in [0.4, 0.5) is 0 Å². The highest BCUT2D eigenvalue weighted by Gasteiger charge is 2.26. The van der Waals surface area contributed by atoms with Crippen LogP contribution < -0.4 is 0 Å². The monoisotopic (exact) mass is 885 g/mol. The topological polar surface area (TPSA) is 68.3 Å². The molecule has 3 rings (SSSR count). The summed E-state index contributed by atoms with van der Waals surface area (Å²) in [6.45, 7) is 13.1. The normalized spacial score (nSPS) is 12.6. The van der Waals surface area contributed by atoms with Crippen LogP contribution in [0.1, 0.15) is 152 Å². The standard InChI is InChI=1S/C51H84O4P4/c1-7-13-34-56(52,35-14-8-2)40-31-46-19-25-49(26-20-46)43-59(55,44-50-27-21-47(22-28-50)32-41-57(53,36-15-9-3)37-16-10-4)45-51-29-23-48(24-30-51)33-42-58(54,38-17-11-5)39-18-12-6/h19-30H,7-18,31-45H2,1-6H3.